The van der Waals surface area contributed by atoms with E-state index in [4.69, 9.17) is 5.73 Å². The van der Waals surface area contributed by atoms with Crippen LogP contribution >= 0.6 is 0 Å². The van der Waals surface area contributed by atoms with Crippen LogP contribution in [0.1, 0.15) is 37.6 Å². The molecule has 0 saturated carbocycles. The monoisotopic (exact) mass is 179 g/mol. The standard InChI is InChI=1S/C10H17N3/c1-4-9(11)7(2)10-8(3)12-5-6-13-10/h5-7,9H,4,11H2,1-3H3. The van der Waals surface area contributed by atoms with Gasteiger partial charge in [0.2, 0.25) is 0 Å². The van der Waals surface area contributed by atoms with Gasteiger partial charge in [-0.15, -0.1) is 0 Å². The summed E-state index contributed by atoms with van der Waals surface area (Å²) in [4.78, 5) is 8.50. The maximum atomic E-state index is 5.95. The van der Waals surface area contributed by atoms with Crippen LogP contribution in [-0.2, 0) is 0 Å². The van der Waals surface area contributed by atoms with Gasteiger partial charge in [-0.25, -0.2) is 0 Å². The Bertz CT molecular complexity index is 273. The Morgan fingerprint density at radius 1 is 1.38 bits per heavy atom. The minimum absolute atomic E-state index is 0.176. The molecule has 0 bridgehead atoms. The highest BCUT2D eigenvalue weighted by Gasteiger charge is 2.16. The zero-order chi connectivity index (χ0) is 9.84. The second kappa shape index (κ2) is 4.33. The fourth-order valence-electron chi connectivity index (χ4n) is 1.42. The Morgan fingerprint density at radius 2 is 2.00 bits per heavy atom. The molecule has 13 heavy (non-hydrogen) atoms. The van der Waals surface area contributed by atoms with Crippen LogP contribution < -0.4 is 5.73 Å². The number of nitrogens with zero attached hydrogens (tertiary/aromatic N) is 2. The summed E-state index contributed by atoms with van der Waals surface area (Å²) in [7, 11) is 0. The summed E-state index contributed by atoms with van der Waals surface area (Å²) in [6, 6.07) is 0.176. The molecule has 72 valence electrons. The predicted molar refractivity (Wildman–Crippen MR) is 53.5 cm³/mol. The van der Waals surface area contributed by atoms with Gasteiger partial charge in [0.25, 0.3) is 0 Å². The summed E-state index contributed by atoms with van der Waals surface area (Å²) in [6.07, 6.45) is 4.40. The van der Waals surface area contributed by atoms with E-state index in [1.54, 1.807) is 12.4 Å². The van der Waals surface area contributed by atoms with Crippen molar-refractivity contribution in [3.05, 3.63) is 23.8 Å². The maximum Gasteiger partial charge on any atom is 0.0659 e. The smallest absolute Gasteiger partial charge is 0.0659 e. The Labute approximate surface area is 79.4 Å². The molecule has 1 aromatic heterocycles. The van der Waals surface area contributed by atoms with Gasteiger partial charge in [0.05, 0.1) is 11.4 Å². The molecule has 0 radical (unpaired) electrons. The molecule has 1 heterocycles. The highest BCUT2D eigenvalue weighted by Crippen LogP contribution is 2.18. The normalized spacial score (nSPS) is 15.4. The molecular formula is C10H17N3. The van der Waals surface area contributed by atoms with Gasteiger partial charge in [0, 0.05) is 24.4 Å². The van der Waals surface area contributed by atoms with Gasteiger partial charge in [-0.3, -0.25) is 9.97 Å². The van der Waals surface area contributed by atoms with Crippen molar-refractivity contribution in [1.29, 1.82) is 0 Å². The van der Waals surface area contributed by atoms with Crippen LogP contribution in [0, 0.1) is 6.92 Å². The lowest BCUT2D eigenvalue weighted by Crippen LogP contribution is -2.26. The molecule has 3 heteroatoms. The largest absolute Gasteiger partial charge is 0.327 e. The fourth-order valence-corrected chi connectivity index (χ4v) is 1.42. The molecule has 0 aromatic carbocycles. The van der Waals surface area contributed by atoms with Crippen molar-refractivity contribution in [3.63, 3.8) is 0 Å². The second-order valence-corrected chi connectivity index (χ2v) is 3.39. The molecule has 0 fully saturated rings. The van der Waals surface area contributed by atoms with Gasteiger partial charge in [0.1, 0.15) is 0 Å². The summed E-state index contributed by atoms with van der Waals surface area (Å²) in [5.74, 6) is 0.290. The first kappa shape index (κ1) is 10.1. The predicted octanol–water partition coefficient (Wildman–Crippen LogP) is 1.63. The Hall–Kier alpha value is -0.960. The molecule has 1 aromatic rings. The highest BCUT2D eigenvalue weighted by atomic mass is 14.8. The van der Waals surface area contributed by atoms with E-state index >= 15 is 0 Å². The van der Waals surface area contributed by atoms with Gasteiger partial charge < -0.3 is 5.73 Å². The van der Waals surface area contributed by atoms with E-state index in [9.17, 15) is 0 Å². The van der Waals surface area contributed by atoms with E-state index in [0.29, 0.717) is 5.92 Å². The number of hydrogen-bond acceptors (Lipinski definition) is 3. The maximum absolute atomic E-state index is 5.95. The van der Waals surface area contributed by atoms with Crippen molar-refractivity contribution in [1.82, 2.24) is 9.97 Å². The number of aryl methyl sites for hydroxylation is 1. The van der Waals surface area contributed by atoms with E-state index in [0.717, 1.165) is 17.8 Å². The Balaban J connectivity index is 2.88. The van der Waals surface area contributed by atoms with Crippen LogP contribution in [0.25, 0.3) is 0 Å². The zero-order valence-corrected chi connectivity index (χ0v) is 8.49. The molecule has 0 aliphatic heterocycles. The van der Waals surface area contributed by atoms with Crippen molar-refractivity contribution in [3.8, 4) is 0 Å². The Morgan fingerprint density at radius 3 is 2.54 bits per heavy atom. The van der Waals surface area contributed by atoms with Crippen molar-refractivity contribution >= 4 is 0 Å². The number of hydrogen-bond donors (Lipinski definition) is 1. The average Bonchev–Trinajstić information content (AvgIpc) is 2.16. The van der Waals surface area contributed by atoms with E-state index in [1.807, 2.05) is 6.92 Å². The summed E-state index contributed by atoms with van der Waals surface area (Å²) in [6.45, 7) is 6.17. The minimum Gasteiger partial charge on any atom is -0.327 e. The second-order valence-electron chi connectivity index (χ2n) is 3.39. The van der Waals surface area contributed by atoms with Gasteiger partial charge in [0.15, 0.2) is 0 Å². The van der Waals surface area contributed by atoms with Crippen LogP contribution in [0.4, 0.5) is 0 Å². The zero-order valence-electron chi connectivity index (χ0n) is 8.49. The van der Waals surface area contributed by atoms with Crippen molar-refractivity contribution in [2.45, 2.75) is 39.2 Å². The lowest BCUT2D eigenvalue weighted by molar-refractivity contribution is 0.536. The third-order valence-electron chi connectivity index (χ3n) is 2.46. The van der Waals surface area contributed by atoms with E-state index in [2.05, 4.69) is 23.8 Å². The van der Waals surface area contributed by atoms with Crippen LogP contribution in [0.15, 0.2) is 12.4 Å². The topological polar surface area (TPSA) is 51.8 Å². The third kappa shape index (κ3) is 2.25. The third-order valence-corrected chi connectivity index (χ3v) is 2.46. The van der Waals surface area contributed by atoms with Gasteiger partial charge in [-0.2, -0.15) is 0 Å². The number of aromatic nitrogens is 2. The summed E-state index contributed by atoms with van der Waals surface area (Å²) >= 11 is 0. The molecular weight excluding hydrogens is 162 g/mol. The fraction of sp³-hybridized carbons (Fsp3) is 0.600. The molecule has 0 aliphatic carbocycles. The van der Waals surface area contributed by atoms with E-state index in [-0.39, 0.29) is 6.04 Å². The minimum atomic E-state index is 0.176. The first-order valence-corrected chi connectivity index (χ1v) is 4.69. The van der Waals surface area contributed by atoms with Crippen LogP contribution in [0.2, 0.25) is 0 Å². The van der Waals surface area contributed by atoms with Crippen molar-refractivity contribution in [2.24, 2.45) is 5.73 Å². The molecule has 2 unspecified atom stereocenters. The molecule has 0 amide bonds. The molecule has 3 nitrogen and oxygen atoms in total. The molecule has 0 spiro atoms. The SMILES string of the molecule is CCC(N)C(C)c1nccnc1C. The molecule has 1 rings (SSSR count). The van der Waals surface area contributed by atoms with Crippen LogP contribution in [0.3, 0.4) is 0 Å². The Kier molecular flexibility index (Phi) is 3.37. The van der Waals surface area contributed by atoms with E-state index < -0.39 is 0 Å². The summed E-state index contributed by atoms with van der Waals surface area (Å²) < 4.78 is 0. The van der Waals surface area contributed by atoms with Crippen molar-refractivity contribution < 1.29 is 0 Å². The molecule has 2 N–H and O–H groups in total. The van der Waals surface area contributed by atoms with Crippen molar-refractivity contribution in [2.75, 3.05) is 0 Å². The molecule has 0 saturated heterocycles. The first-order valence-electron chi connectivity index (χ1n) is 4.69. The lowest BCUT2D eigenvalue weighted by atomic mass is 9.95. The average molecular weight is 179 g/mol. The van der Waals surface area contributed by atoms with Gasteiger partial charge in [-0.05, 0) is 13.3 Å². The van der Waals surface area contributed by atoms with Crippen LogP contribution in [-0.4, -0.2) is 16.0 Å². The first-order chi connectivity index (χ1) is 6.16. The van der Waals surface area contributed by atoms with E-state index in [1.165, 1.54) is 0 Å². The summed E-state index contributed by atoms with van der Waals surface area (Å²) in [5, 5.41) is 0. The molecule has 0 aliphatic rings. The lowest BCUT2D eigenvalue weighted by Gasteiger charge is -2.18. The number of nitrogens with two attached hydrogens (primary N) is 1. The quantitative estimate of drug-likeness (QED) is 0.767. The van der Waals surface area contributed by atoms with Crippen LogP contribution in [0.5, 0.6) is 0 Å². The molecule has 2 atom stereocenters. The summed E-state index contributed by atoms with van der Waals surface area (Å²) in [5.41, 5.74) is 7.96. The van der Waals surface area contributed by atoms with Gasteiger partial charge >= 0.3 is 0 Å². The number of rotatable bonds is 3. The highest BCUT2D eigenvalue weighted by molar-refractivity contribution is 5.15. The van der Waals surface area contributed by atoms with Gasteiger partial charge in [-0.1, -0.05) is 13.8 Å².